The van der Waals surface area contributed by atoms with Crippen molar-refractivity contribution >= 4 is 15.9 Å². The Morgan fingerprint density at radius 1 is 1.08 bits per heavy atom. The van der Waals surface area contributed by atoms with E-state index in [1.807, 2.05) is 0 Å². The minimum absolute atomic E-state index is 0.105. The van der Waals surface area contributed by atoms with E-state index in [0.29, 0.717) is 44.7 Å². The Bertz CT molecular complexity index is 1360. The van der Waals surface area contributed by atoms with Crippen LogP contribution in [-0.2, 0) is 38.7 Å². The Morgan fingerprint density at radius 2 is 1.76 bits per heavy atom. The minimum atomic E-state index is -5.07. The number of likely N-dealkylation sites (tertiary alicyclic amines) is 1. The summed E-state index contributed by atoms with van der Waals surface area (Å²) in [6.45, 7) is 0.858. The number of benzene rings is 2. The van der Waals surface area contributed by atoms with E-state index in [1.54, 1.807) is 23.1 Å². The molecule has 1 amide bonds. The molecule has 38 heavy (non-hydrogen) atoms. The maximum atomic E-state index is 14.8. The number of likely N-dealkylation sites (N-methyl/N-ethyl adjacent to an activating group) is 1. The third kappa shape index (κ3) is 4.22. The van der Waals surface area contributed by atoms with Gasteiger partial charge < -0.3 is 4.90 Å². The van der Waals surface area contributed by atoms with E-state index in [0.717, 1.165) is 15.4 Å². The molecule has 2 unspecified atom stereocenters. The highest BCUT2D eigenvalue weighted by Crippen LogP contribution is 2.51. The van der Waals surface area contributed by atoms with Gasteiger partial charge in [0.25, 0.3) is 0 Å². The van der Waals surface area contributed by atoms with Gasteiger partial charge in [0.2, 0.25) is 21.6 Å². The summed E-state index contributed by atoms with van der Waals surface area (Å²) in [4.78, 5) is 15.4. The van der Waals surface area contributed by atoms with Crippen molar-refractivity contribution in [1.29, 1.82) is 0 Å². The third-order valence-electron chi connectivity index (χ3n) is 8.74. The van der Waals surface area contributed by atoms with Gasteiger partial charge in [0, 0.05) is 25.0 Å². The maximum absolute atomic E-state index is 14.8. The van der Waals surface area contributed by atoms with Crippen LogP contribution in [0.3, 0.4) is 0 Å². The Labute approximate surface area is 218 Å². The number of alkyl halides is 4. The van der Waals surface area contributed by atoms with Crippen molar-refractivity contribution in [2.75, 3.05) is 19.3 Å². The predicted molar refractivity (Wildman–Crippen MR) is 131 cm³/mol. The molecule has 1 aliphatic carbocycles. The molecule has 206 valence electrons. The van der Waals surface area contributed by atoms with Crippen LogP contribution in [0.5, 0.6) is 0 Å². The highest BCUT2D eigenvalue weighted by atomic mass is 32.2. The van der Waals surface area contributed by atoms with Gasteiger partial charge in [-0.05, 0) is 73.4 Å². The van der Waals surface area contributed by atoms with E-state index >= 15 is 0 Å². The molecular weight excluding hydrogens is 527 g/mol. The van der Waals surface area contributed by atoms with Gasteiger partial charge in [0.15, 0.2) is 0 Å². The predicted octanol–water partition coefficient (Wildman–Crippen LogP) is 4.63. The second kappa shape index (κ2) is 9.01. The minimum Gasteiger partial charge on any atom is -0.337 e. The molecule has 0 saturated carbocycles. The molecule has 0 spiro atoms. The highest BCUT2D eigenvalue weighted by Gasteiger charge is 2.56. The van der Waals surface area contributed by atoms with E-state index in [4.69, 9.17) is 0 Å². The van der Waals surface area contributed by atoms with Crippen molar-refractivity contribution in [3.8, 4) is 0 Å². The monoisotopic (exact) mass is 556 g/mol. The first kappa shape index (κ1) is 27.1. The number of fused-ring (bicyclic) bond motifs is 3. The van der Waals surface area contributed by atoms with Crippen LogP contribution in [0, 0.1) is 5.82 Å². The van der Waals surface area contributed by atoms with Crippen LogP contribution < -0.4 is 0 Å². The SMILES string of the molecule is CN1C(C(=O)N2CC[C@@]3(Cc4ccc(F)cc4)c4ccc(C(C)(F)C(F)(F)F)cc4CC[C@@H]23)CCS1(=O)=O. The number of amides is 1. The average Bonchev–Trinajstić information content (AvgIpc) is 3.36. The molecule has 2 aromatic rings. The number of nitrogens with zero attached hydrogens (tertiary/aromatic N) is 2. The lowest BCUT2D eigenvalue weighted by molar-refractivity contribution is -0.228. The van der Waals surface area contributed by atoms with Gasteiger partial charge in [-0.3, -0.25) is 4.79 Å². The van der Waals surface area contributed by atoms with Gasteiger partial charge in [0.05, 0.1) is 5.75 Å². The Morgan fingerprint density at radius 3 is 2.37 bits per heavy atom. The zero-order valence-corrected chi connectivity index (χ0v) is 21.9. The van der Waals surface area contributed by atoms with E-state index < -0.39 is 44.7 Å². The Balaban J connectivity index is 1.56. The van der Waals surface area contributed by atoms with Gasteiger partial charge in [0.1, 0.15) is 11.9 Å². The number of rotatable bonds is 4. The van der Waals surface area contributed by atoms with Gasteiger partial charge in [-0.25, -0.2) is 17.2 Å². The van der Waals surface area contributed by atoms with E-state index in [9.17, 15) is 35.2 Å². The van der Waals surface area contributed by atoms with Gasteiger partial charge >= 0.3 is 6.18 Å². The molecule has 0 bridgehead atoms. The summed E-state index contributed by atoms with van der Waals surface area (Å²) < 4.78 is 94.4. The molecular formula is C27H29F5N2O3S. The summed E-state index contributed by atoms with van der Waals surface area (Å²) in [6.07, 6.45) is -3.22. The summed E-state index contributed by atoms with van der Waals surface area (Å²) in [7, 11) is -2.10. The molecule has 5 rings (SSSR count). The molecule has 2 fully saturated rings. The van der Waals surface area contributed by atoms with Crippen LogP contribution in [-0.4, -0.2) is 61.1 Å². The fourth-order valence-corrected chi connectivity index (χ4v) is 7.90. The summed E-state index contributed by atoms with van der Waals surface area (Å²) in [5.41, 5.74) is -2.53. The molecule has 0 radical (unpaired) electrons. The van der Waals surface area contributed by atoms with Crippen LogP contribution >= 0.6 is 0 Å². The molecule has 5 nitrogen and oxygen atoms in total. The van der Waals surface area contributed by atoms with Crippen LogP contribution in [0.25, 0.3) is 0 Å². The van der Waals surface area contributed by atoms with E-state index in [-0.39, 0.29) is 24.1 Å². The topological polar surface area (TPSA) is 57.7 Å². The molecule has 2 heterocycles. The molecule has 11 heteroatoms. The maximum Gasteiger partial charge on any atom is 0.426 e. The standard InChI is InChI=1S/C27H29F5N2O3S/c1-25(29,27(30,31)32)19-6-9-21-18(15-19)5-10-23-26(21,16-17-3-7-20(28)8-4-17)12-13-34(23)24(35)22-11-14-38(36,37)33(22)2/h3-4,6-9,15,22-23H,5,10-14,16H2,1-2H3/t22?,23-,25?,26-/m1/s1. The van der Waals surface area contributed by atoms with Crippen molar-refractivity contribution < 1.29 is 35.2 Å². The fourth-order valence-electron chi connectivity index (χ4n) is 6.50. The van der Waals surface area contributed by atoms with Crippen molar-refractivity contribution in [2.45, 2.75) is 68.4 Å². The first-order valence-corrected chi connectivity index (χ1v) is 14.2. The van der Waals surface area contributed by atoms with Crippen LogP contribution in [0.1, 0.15) is 48.4 Å². The zero-order chi connectivity index (χ0) is 27.7. The zero-order valence-electron chi connectivity index (χ0n) is 21.1. The van der Waals surface area contributed by atoms with Crippen molar-refractivity contribution in [2.24, 2.45) is 0 Å². The number of sulfonamides is 1. The average molecular weight is 557 g/mol. The number of aryl methyl sites for hydroxylation is 1. The first-order valence-electron chi connectivity index (χ1n) is 12.6. The van der Waals surface area contributed by atoms with Crippen molar-refractivity contribution in [3.63, 3.8) is 0 Å². The molecule has 0 aromatic heterocycles. The van der Waals surface area contributed by atoms with Gasteiger partial charge in [-0.15, -0.1) is 0 Å². The van der Waals surface area contributed by atoms with Crippen molar-refractivity contribution in [1.82, 2.24) is 9.21 Å². The summed E-state index contributed by atoms with van der Waals surface area (Å²) in [5, 5.41) is 0. The number of hydrogen-bond donors (Lipinski definition) is 0. The van der Waals surface area contributed by atoms with Gasteiger partial charge in [-0.1, -0.05) is 30.3 Å². The number of carbonyl (C=O) groups excluding carboxylic acids is 1. The van der Waals surface area contributed by atoms with Crippen molar-refractivity contribution in [3.05, 3.63) is 70.5 Å². The largest absolute Gasteiger partial charge is 0.426 e. The number of halogens is 5. The molecule has 0 N–H and O–H groups in total. The second-order valence-corrected chi connectivity index (χ2v) is 13.0. The second-order valence-electron chi connectivity index (χ2n) is 10.8. The number of carbonyl (C=O) groups is 1. The summed E-state index contributed by atoms with van der Waals surface area (Å²) >= 11 is 0. The first-order chi connectivity index (χ1) is 17.7. The third-order valence-corrected chi connectivity index (χ3v) is 10.6. The van der Waals surface area contributed by atoms with Crippen LogP contribution in [0.4, 0.5) is 22.0 Å². The van der Waals surface area contributed by atoms with Crippen LogP contribution in [0.2, 0.25) is 0 Å². The van der Waals surface area contributed by atoms with E-state index in [1.165, 1.54) is 31.3 Å². The molecule has 2 aromatic carbocycles. The fraction of sp³-hybridized carbons (Fsp3) is 0.519. The molecule has 2 aliphatic heterocycles. The normalized spacial score (nSPS) is 28.6. The molecule has 3 aliphatic rings. The number of hydrogen-bond acceptors (Lipinski definition) is 3. The molecule has 2 saturated heterocycles. The molecule has 4 atom stereocenters. The lowest BCUT2D eigenvalue weighted by Crippen LogP contribution is -2.53. The summed E-state index contributed by atoms with van der Waals surface area (Å²) in [6, 6.07) is 8.82. The van der Waals surface area contributed by atoms with Gasteiger partial charge in [-0.2, -0.15) is 17.5 Å². The Kier molecular flexibility index (Phi) is 6.41. The Hall–Kier alpha value is -2.53. The summed E-state index contributed by atoms with van der Waals surface area (Å²) in [5.74, 6) is -0.793. The van der Waals surface area contributed by atoms with E-state index in [2.05, 4.69) is 0 Å². The quantitative estimate of drug-likeness (QED) is 0.516. The lowest BCUT2D eigenvalue weighted by Gasteiger charge is -2.44. The highest BCUT2D eigenvalue weighted by molar-refractivity contribution is 7.89. The van der Waals surface area contributed by atoms with Crippen LogP contribution in [0.15, 0.2) is 42.5 Å². The smallest absolute Gasteiger partial charge is 0.337 e. The lowest BCUT2D eigenvalue weighted by atomic mass is 9.63.